The van der Waals surface area contributed by atoms with Gasteiger partial charge in [-0.25, -0.2) is 4.79 Å². The molecule has 0 saturated heterocycles. The number of ether oxygens (including phenoxy) is 1. The summed E-state index contributed by atoms with van der Waals surface area (Å²) in [5.41, 5.74) is 3.91. The molecule has 2 atom stereocenters. The van der Waals surface area contributed by atoms with Crippen molar-refractivity contribution in [3.8, 4) is 0 Å². The lowest BCUT2D eigenvalue weighted by Crippen LogP contribution is -2.37. The standard InChI is InChI=1S/C27H24N2O5/c1-16(30)29-22-7-4-3-6-20(22)28-21-14-19(24-8-5-13-34-24)15-23(31)25(21)26(29)17-9-11-18(12-10-17)27(32)33-2/h3-13,19,26,28H,14-15H2,1-2H3/t19-,26-/m0/s1. The fraction of sp³-hybridized carbons (Fsp3) is 0.222. The summed E-state index contributed by atoms with van der Waals surface area (Å²) in [4.78, 5) is 40.3. The summed E-state index contributed by atoms with van der Waals surface area (Å²) in [5, 5.41) is 3.46. The van der Waals surface area contributed by atoms with E-state index in [2.05, 4.69) is 5.32 Å². The first kappa shape index (κ1) is 21.7. The number of nitrogens with zero attached hydrogens (tertiary/aromatic N) is 1. The molecule has 1 aliphatic heterocycles. The number of anilines is 2. The third-order valence-corrected chi connectivity index (χ3v) is 6.42. The number of amides is 1. The molecule has 0 bridgehead atoms. The monoisotopic (exact) mass is 456 g/mol. The van der Waals surface area contributed by atoms with Crippen LogP contribution in [0.15, 0.2) is 82.6 Å². The number of nitrogens with one attached hydrogen (secondary N) is 1. The van der Waals surface area contributed by atoms with Crippen LogP contribution < -0.4 is 10.2 Å². The van der Waals surface area contributed by atoms with Gasteiger partial charge in [-0.05, 0) is 48.4 Å². The van der Waals surface area contributed by atoms with Gasteiger partial charge in [-0.2, -0.15) is 0 Å². The van der Waals surface area contributed by atoms with Crippen molar-refractivity contribution in [3.63, 3.8) is 0 Å². The molecule has 7 heteroatoms. The summed E-state index contributed by atoms with van der Waals surface area (Å²) >= 11 is 0. The molecule has 172 valence electrons. The molecule has 3 aromatic rings. The van der Waals surface area contributed by atoms with Crippen molar-refractivity contribution >= 4 is 29.0 Å². The molecule has 0 fully saturated rings. The Morgan fingerprint density at radius 2 is 1.79 bits per heavy atom. The highest BCUT2D eigenvalue weighted by atomic mass is 16.5. The quantitative estimate of drug-likeness (QED) is 0.559. The Morgan fingerprint density at radius 1 is 1.03 bits per heavy atom. The van der Waals surface area contributed by atoms with Crippen LogP contribution >= 0.6 is 0 Å². The molecule has 5 rings (SSSR count). The number of fused-ring (bicyclic) bond motifs is 1. The van der Waals surface area contributed by atoms with E-state index in [0.717, 1.165) is 22.7 Å². The van der Waals surface area contributed by atoms with Gasteiger partial charge < -0.3 is 14.5 Å². The van der Waals surface area contributed by atoms with Gasteiger partial charge in [0.25, 0.3) is 0 Å². The Bertz CT molecular complexity index is 1290. The van der Waals surface area contributed by atoms with E-state index in [1.165, 1.54) is 14.0 Å². The summed E-state index contributed by atoms with van der Waals surface area (Å²) < 4.78 is 10.4. The summed E-state index contributed by atoms with van der Waals surface area (Å²) in [6.45, 7) is 1.50. The average molecular weight is 456 g/mol. The molecule has 34 heavy (non-hydrogen) atoms. The number of hydrogen-bond donors (Lipinski definition) is 1. The maximum Gasteiger partial charge on any atom is 0.337 e. The number of furan rings is 1. The van der Waals surface area contributed by atoms with E-state index in [9.17, 15) is 14.4 Å². The van der Waals surface area contributed by atoms with E-state index in [4.69, 9.17) is 9.15 Å². The topological polar surface area (TPSA) is 88.8 Å². The molecule has 1 aromatic heterocycles. The van der Waals surface area contributed by atoms with Crippen molar-refractivity contribution in [2.45, 2.75) is 31.7 Å². The molecule has 1 aliphatic carbocycles. The molecule has 0 radical (unpaired) electrons. The number of para-hydroxylation sites is 2. The zero-order valence-corrected chi connectivity index (χ0v) is 18.9. The zero-order valence-electron chi connectivity index (χ0n) is 18.9. The number of ketones is 1. The highest BCUT2D eigenvalue weighted by molar-refractivity contribution is 6.06. The van der Waals surface area contributed by atoms with E-state index < -0.39 is 12.0 Å². The maximum absolute atomic E-state index is 13.7. The molecule has 0 saturated carbocycles. The Morgan fingerprint density at radius 3 is 2.47 bits per heavy atom. The lowest BCUT2D eigenvalue weighted by atomic mass is 9.80. The van der Waals surface area contributed by atoms with Crippen molar-refractivity contribution in [2.75, 3.05) is 17.3 Å². The lowest BCUT2D eigenvalue weighted by Gasteiger charge is -2.34. The zero-order chi connectivity index (χ0) is 23.8. The summed E-state index contributed by atoms with van der Waals surface area (Å²) in [7, 11) is 1.33. The molecular weight excluding hydrogens is 432 g/mol. The van der Waals surface area contributed by atoms with E-state index in [-0.39, 0.29) is 24.0 Å². The summed E-state index contributed by atoms with van der Waals surface area (Å²) in [6.07, 6.45) is 2.47. The predicted octanol–water partition coefficient (Wildman–Crippen LogP) is 4.99. The molecule has 0 unspecified atom stereocenters. The molecule has 2 heterocycles. The molecule has 0 spiro atoms. The van der Waals surface area contributed by atoms with Gasteiger partial charge in [0.2, 0.25) is 5.91 Å². The van der Waals surface area contributed by atoms with E-state index in [1.54, 1.807) is 35.4 Å². The number of Topliss-reactive ketones (excluding diaryl/α,β-unsaturated/α-hetero) is 1. The van der Waals surface area contributed by atoms with E-state index in [0.29, 0.717) is 23.2 Å². The smallest absolute Gasteiger partial charge is 0.337 e. The number of carbonyl (C=O) groups is 3. The van der Waals surface area contributed by atoms with E-state index >= 15 is 0 Å². The van der Waals surface area contributed by atoms with Gasteiger partial charge in [-0.3, -0.25) is 14.5 Å². The minimum Gasteiger partial charge on any atom is -0.469 e. The Labute approximate surface area is 197 Å². The van der Waals surface area contributed by atoms with Crippen LogP contribution in [-0.2, 0) is 14.3 Å². The second-order valence-corrected chi connectivity index (χ2v) is 8.48. The van der Waals surface area contributed by atoms with Crippen LogP contribution in [0, 0.1) is 0 Å². The normalized spacial score (nSPS) is 19.6. The van der Waals surface area contributed by atoms with Crippen molar-refractivity contribution < 1.29 is 23.5 Å². The minimum absolute atomic E-state index is 0.0451. The second-order valence-electron chi connectivity index (χ2n) is 8.48. The number of carbonyl (C=O) groups excluding carboxylic acids is 3. The SMILES string of the molecule is COC(=O)c1ccc([C@H]2C3=C(C[C@H](c4ccco4)CC3=O)Nc3ccccc3N2C(C)=O)cc1. The fourth-order valence-corrected chi connectivity index (χ4v) is 4.90. The van der Waals surface area contributed by atoms with Gasteiger partial charge >= 0.3 is 5.97 Å². The number of esters is 1. The van der Waals surface area contributed by atoms with Gasteiger partial charge in [-0.1, -0.05) is 24.3 Å². The van der Waals surface area contributed by atoms with E-state index in [1.807, 2.05) is 36.4 Å². The van der Waals surface area contributed by atoms with Crippen LogP contribution in [0.3, 0.4) is 0 Å². The minimum atomic E-state index is -0.639. The predicted molar refractivity (Wildman–Crippen MR) is 126 cm³/mol. The molecule has 1 N–H and O–H groups in total. The first-order valence-electron chi connectivity index (χ1n) is 11.1. The first-order valence-corrected chi connectivity index (χ1v) is 11.1. The maximum atomic E-state index is 13.7. The van der Waals surface area contributed by atoms with Crippen LogP contribution in [0.4, 0.5) is 11.4 Å². The molecule has 7 nitrogen and oxygen atoms in total. The first-order chi connectivity index (χ1) is 16.5. The summed E-state index contributed by atoms with van der Waals surface area (Å²) in [6, 6.07) is 17.5. The van der Waals surface area contributed by atoms with Crippen molar-refractivity contribution in [3.05, 3.63) is 95.1 Å². The van der Waals surface area contributed by atoms with Gasteiger partial charge in [0, 0.05) is 30.5 Å². The number of allylic oxidation sites excluding steroid dienone is 1. The highest BCUT2D eigenvalue weighted by Gasteiger charge is 2.41. The molecule has 1 amide bonds. The Hall–Kier alpha value is -4.13. The number of methoxy groups -OCH3 is 1. The second kappa shape index (κ2) is 8.67. The molecule has 2 aliphatic rings. The van der Waals surface area contributed by atoms with Gasteiger partial charge in [0.1, 0.15) is 5.76 Å². The number of hydrogen-bond acceptors (Lipinski definition) is 6. The van der Waals surface area contributed by atoms with Crippen LogP contribution in [0.2, 0.25) is 0 Å². The molecular formula is C27H24N2O5. The van der Waals surface area contributed by atoms with Crippen LogP contribution in [-0.4, -0.2) is 24.8 Å². The largest absolute Gasteiger partial charge is 0.469 e. The van der Waals surface area contributed by atoms with Gasteiger partial charge in [0.15, 0.2) is 5.78 Å². The van der Waals surface area contributed by atoms with Crippen molar-refractivity contribution in [1.29, 1.82) is 0 Å². The van der Waals surface area contributed by atoms with Crippen LogP contribution in [0.1, 0.15) is 53.4 Å². The highest BCUT2D eigenvalue weighted by Crippen LogP contribution is 2.47. The Kier molecular flexibility index (Phi) is 5.53. The number of rotatable bonds is 3. The lowest BCUT2D eigenvalue weighted by molar-refractivity contribution is -0.117. The average Bonchev–Trinajstić information content (AvgIpc) is 3.33. The third kappa shape index (κ3) is 3.69. The van der Waals surface area contributed by atoms with Crippen molar-refractivity contribution in [1.82, 2.24) is 0 Å². The van der Waals surface area contributed by atoms with Crippen LogP contribution in [0.5, 0.6) is 0 Å². The van der Waals surface area contributed by atoms with Gasteiger partial charge in [0.05, 0.1) is 36.4 Å². The fourth-order valence-electron chi connectivity index (χ4n) is 4.90. The Balaban J connectivity index is 1.68. The van der Waals surface area contributed by atoms with Crippen molar-refractivity contribution in [2.24, 2.45) is 0 Å². The van der Waals surface area contributed by atoms with Gasteiger partial charge in [-0.15, -0.1) is 0 Å². The number of benzene rings is 2. The summed E-state index contributed by atoms with van der Waals surface area (Å²) in [5.74, 6) is -0.00572. The van der Waals surface area contributed by atoms with Crippen LogP contribution in [0.25, 0.3) is 0 Å². The third-order valence-electron chi connectivity index (χ3n) is 6.42. The molecule has 2 aromatic carbocycles.